The van der Waals surface area contributed by atoms with Crippen molar-refractivity contribution in [2.75, 3.05) is 18.1 Å². The van der Waals surface area contributed by atoms with E-state index in [1.807, 2.05) is 13.8 Å². The summed E-state index contributed by atoms with van der Waals surface area (Å²) in [6, 6.07) is -0.436. The van der Waals surface area contributed by atoms with E-state index in [0.29, 0.717) is 6.42 Å². The molecule has 3 N–H and O–H groups in total. The Morgan fingerprint density at radius 1 is 1.36 bits per heavy atom. The van der Waals surface area contributed by atoms with E-state index >= 15 is 0 Å². The summed E-state index contributed by atoms with van der Waals surface area (Å²) in [4.78, 5) is 0. The molecule has 0 aliphatic heterocycles. The lowest BCUT2D eigenvalue weighted by Gasteiger charge is -2.13. The van der Waals surface area contributed by atoms with Gasteiger partial charge in [0, 0.05) is 12.6 Å². The molecule has 14 heavy (non-hydrogen) atoms. The van der Waals surface area contributed by atoms with Gasteiger partial charge in [0.05, 0.1) is 11.5 Å². The fourth-order valence-electron chi connectivity index (χ4n) is 1.19. The second kappa shape index (κ2) is 6.37. The van der Waals surface area contributed by atoms with Gasteiger partial charge in [0.25, 0.3) is 0 Å². The first-order valence-electron chi connectivity index (χ1n) is 4.98. The zero-order valence-electron chi connectivity index (χ0n) is 8.94. The fraction of sp³-hybridized carbons (Fsp3) is 1.00. The van der Waals surface area contributed by atoms with Crippen molar-refractivity contribution in [3.05, 3.63) is 0 Å². The van der Waals surface area contributed by atoms with E-state index in [1.165, 1.54) is 0 Å². The van der Waals surface area contributed by atoms with E-state index in [1.54, 1.807) is 0 Å². The zero-order valence-corrected chi connectivity index (χ0v) is 9.76. The molecule has 0 saturated heterocycles. The van der Waals surface area contributed by atoms with Crippen LogP contribution in [0.25, 0.3) is 0 Å². The molecule has 2 atom stereocenters. The second-order valence-electron chi connectivity index (χ2n) is 3.86. The summed E-state index contributed by atoms with van der Waals surface area (Å²) in [6.07, 6.45) is 1.20. The summed E-state index contributed by atoms with van der Waals surface area (Å²) < 4.78 is 23.0. The van der Waals surface area contributed by atoms with Crippen molar-refractivity contribution in [3.8, 4) is 0 Å². The minimum absolute atomic E-state index is 0.0160. The maximum absolute atomic E-state index is 11.5. The Morgan fingerprint density at radius 3 is 2.36 bits per heavy atom. The van der Waals surface area contributed by atoms with Gasteiger partial charge in [-0.25, -0.2) is 8.42 Å². The lowest BCUT2D eigenvalue weighted by Crippen LogP contribution is -2.32. The summed E-state index contributed by atoms with van der Waals surface area (Å²) in [7, 11) is -3.05. The highest BCUT2D eigenvalue weighted by Crippen LogP contribution is 2.07. The molecule has 5 heteroatoms. The number of nitrogens with two attached hydrogens (primary N) is 1. The van der Waals surface area contributed by atoms with Crippen molar-refractivity contribution in [3.63, 3.8) is 0 Å². The summed E-state index contributed by atoms with van der Waals surface area (Å²) in [5.74, 6) is 0.363. The highest BCUT2D eigenvalue weighted by molar-refractivity contribution is 7.91. The van der Waals surface area contributed by atoms with Crippen LogP contribution >= 0.6 is 0 Å². The van der Waals surface area contributed by atoms with Crippen LogP contribution in [0, 0.1) is 5.92 Å². The Balaban J connectivity index is 4.07. The minimum Gasteiger partial charge on any atom is -0.396 e. The van der Waals surface area contributed by atoms with Gasteiger partial charge in [0.1, 0.15) is 0 Å². The van der Waals surface area contributed by atoms with Crippen LogP contribution in [0.1, 0.15) is 26.7 Å². The maximum atomic E-state index is 11.5. The summed E-state index contributed by atoms with van der Waals surface area (Å²) in [5, 5.41) is 8.59. The molecule has 0 amide bonds. The van der Waals surface area contributed by atoms with Crippen molar-refractivity contribution < 1.29 is 13.5 Å². The van der Waals surface area contributed by atoms with Crippen molar-refractivity contribution in [2.45, 2.75) is 32.7 Å². The summed E-state index contributed by atoms with van der Waals surface area (Å²) >= 11 is 0. The number of aliphatic hydroxyl groups excluding tert-OH is 1. The van der Waals surface area contributed by atoms with Crippen LogP contribution in [0.5, 0.6) is 0 Å². The van der Waals surface area contributed by atoms with Crippen molar-refractivity contribution in [1.29, 1.82) is 0 Å². The summed E-state index contributed by atoms with van der Waals surface area (Å²) in [6.45, 7) is 3.82. The third-order valence-electron chi connectivity index (χ3n) is 2.20. The normalized spacial score (nSPS) is 16.6. The predicted octanol–water partition coefficient (Wildman–Crippen LogP) is 0.157. The van der Waals surface area contributed by atoms with Gasteiger partial charge in [-0.1, -0.05) is 20.3 Å². The first-order chi connectivity index (χ1) is 6.41. The quantitative estimate of drug-likeness (QED) is 0.644. The molecule has 0 aromatic heterocycles. The minimum atomic E-state index is -3.05. The van der Waals surface area contributed by atoms with Crippen LogP contribution < -0.4 is 5.73 Å². The van der Waals surface area contributed by atoms with E-state index in [-0.39, 0.29) is 24.0 Å². The molecule has 0 spiro atoms. The Hall–Kier alpha value is -0.130. The first kappa shape index (κ1) is 13.9. The van der Waals surface area contributed by atoms with Crippen LogP contribution in [0.4, 0.5) is 0 Å². The monoisotopic (exact) mass is 223 g/mol. The Kier molecular flexibility index (Phi) is 6.31. The average Bonchev–Trinajstić information content (AvgIpc) is 2.02. The van der Waals surface area contributed by atoms with Gasteiger partial charge < -0.3 is 10.8 Å². The number of aliphatic hydroxyl groups is 1. The van der Waals surface area contributed by atoms with E-state index in [0.717, 1.165) is 6.42 Å². The highest BCUT2D eigenvalue weighted by atomic mass is 32.2. The van der Waals surface area contributed by atoms with Gasteiger partial charge in [-0.15, -0.1) is 0 Å². The van der Waals surface area contributed by atoms with Crippen LogP contribution in [-0.4, -0.2) is 37.7 Å². The number of hydrogen-bond acceptors (Lipinski definition) is 4. The lowest BCUT2D eigenvalue weighted by atomic mass is 10.2. The second-order valence-corrected chi connectivity index (χ2v) is 6.02. The molecule has 0 bridgehead atoms. The van der Waals surface area contributed by atoms with Gasteiger partial charge in [-0.05, 0) is 12.3 Å². The molecule has 0 aliphatic rings. The molecule has 0 aliphatic carbocycles. The summed E-state index contributed by atoms with van der Waals surface area (Å²) in [5.41, 5.74) is 5.55. The zero-order chi connectivity index (χ0) is 11.2. The maximum Gasteiger partial charge on any atom is 0.152 e. The molecular formula is C9H21NO3S. The highest BCUT2D eigenvalue weighted by Gasteiger charge is 2.18. The van der Waals surface area contributed by atoms with Gasteiger partial charge in [-0.2, -0.15) is 0 Å². The SMILES string of the molecule is CCC(C)CS(=O)(=O)CC(N)CCO. The first-order valence-corrected chi connectivity index (χ1v) is 6.80. The van der Waals surface area contributed by atoms with Gasteiger partial charge in [0.15, 0.2) is 9.84 Å². The Morgan fingerprint density at radius 2 is 1.93 bits per heavy atom. The molecular weight excluding hydrogens is 202 g/mol. The third-order valence-corrected chi connectivity index (χ3v) is 4.22. The van der Waals surface area contributed by atoms with Gasteiger partial charge in [0.2, 0.25) is 0 Å². The molecule has 0 fully saturated rings. The Bertz CT molecular complexity index is 238. The largest absolute Gasteiger partial charge is 0.396 e. The molecule has 0 saturated carbocycles. The van der Waals surface area contributed by atoms with Crippen LogP contribution in [0.15, 0.2) is 0 Å². The molecule has 0 radical (unpaired) electrons. The van der Waals surface area contributed by atoms with Gasteiger partial charge in [-0.3, -0.25) is 0 Å². The molecule has 0 aromatic carbocycles. The van der Waals surface area contributed by atoms with E-state index in [4.69, 9.17) is 10.8 Å². The van der Waals surface area contributed by atoms with Crippen molar-refractivity contribution in [1.82, 2.24) is 0 Å². The molecule has 2 unspecified atom stereocenters. The van der Waals surface area contributed by atoms with Crippen molar-refractivity contribution in [2.24, 2.45) is 11.7 Å². The smallest absolute Gasteiger partial charge is 0.152 e. The number of hydrogen-bond donors (Lipinski definition) is 2. The number of rotatable bonds is 7. The molecule has 4 nitrogen and oxygen atoms in total. The molecule has 0 rings (SSSR count). The van der Waals surface area contributed by atoms with Crippen LogP contribution in [0.3, 0.4) is 0 Å². The Labute approximate surface area is 86.4 Å². The molecule has 86 valence electrons. The standard InChI is InChI=1S/C9H21NO3S/c1-3-8(2)6-14(12,13)7-9(10)4-5-11/h8-9,11H,3-7,10H2,1-2H3. The topological polar surface area (TPSA) is 80.4 Å². The van der Waals surface area contributed by atoms with Crippen molar-refractivity contribution >= 4 is 9.84 Å². The van der Waals surface area contributed by atoms with E-state index in [9.17, 15) is 8.42 Å². The predicted molar refractivity (Wildman–Crippen MR) is 57.8 cm³/mol. The number of sulfone groups is 1. The van der Waals surface area contributed by atoms with Crippen LogP contribution in [0.2, 0.25) is 0 Å². The lowest BCUT2D eigenvalue weighted by molar-refractivity contribution is 0.279. The fourth-order valence-corrected chi connectivity index (χ4v) is 3.25. The van der Waals surface area contributed by atoms with Gasteiger partial charge >= 0.3 is 0 Å². The molecule has 0 aromatic rings. The van der Waals surface area contributed by atoms with E-state index in [2.05, 4.69) is 0 Å². The van der Waals surface area contributed by atoms with E-state index < -0.39 is 15.9 Å². The average molecular weight is 223 g/mol. The molecule has 0 heterocycles. The third kappa shape index (κ3) is 6.34. The van der Waals surface area contributed by atoms with Crippen LogP contribution in [-0.2, 0) is 9.84 Å².